The third-order valence-electron chi connectivity index (χ3n) is 4.87. The van der Waals surface area contributed by atoms with Crippen LogP contribution in [0.1, 0.15) is 11.6 Å². The molecule has 158 valence electrons. The van der Waals surface area contributed by atoms with E-state index in [9.17, 15) is 12.8 Å². The lowest BCUT2D eigenvalue weighted by Crippen LogP contribution is -2.43. The average molecular weight is 424 g/mol. The number of hydrogen-bond acceptors (Lipinski definition) is 6. The fourth-order valence-corrected chi connectivity index (χ4v) is 4.51. The first kappa shape index (κ1) is 21.5. The number of nitrogens with zero attached hydrogens (tertiary/aromatic N) is 1. The van der Waals surface area contributed by atoms with Crippen LogP contribution in [0.4, 0.5) is 4.39 Å². The van der Waals surface area contributed by atoms with Gasteiger partial charge >= 0.3 is 0 Å². The van der Waals surface area contributed by atoms with E-state index in [-0.39, 0.29) is 29.0 Å². The lowest BCUT2D eigenvalue weighted by atomic mass is 10.0. The van der Waals surface area contributed by atoms with Gasteiger partial charge in [0.15, 0.2) is 0 Å². The Bertz CT molecular complexity index is 915. The van der Waals surface area contributed by atoms with Crippen LogP contribution in [0.25, 0.3) is 0 Å². The van der Waals surface area contributed by atoms with Gasteiger partial charge in [0, 0.05) is 31.7 Å². The molecule has 29 heavy (non-hydrogen) atoms. The van der Waals surface area contributed by atoms with Gasteiger partial charge in [0.2, 0.25) is 10.0 Å². The first-order valence-corrected chi connectivity index (χ1v) is 10.7. The van der Waals surface area contributed by atoms with Gasteiger partial charge < -0.3 is 14.2 Å². The van der Waals surface area contributed by atoms with Crippen LogP contribution in [-0.2, 0) is 14.8 Å². The zero-order valence-corrected chi connectivity index (χ0v) is 17.2. The number of hydrogen-bond donors (Lipinski definition) is 1. The van der Waals surface area contributed by atoms with E-state index in [0.717, 1.165) is 5.56 Å². The van der Waals surface area contributed by atoms with Crippen molar-refractivity contribution in [3.05, 3.63) is 53.8 Å². The monoisotopic (exact) mass is 424 g/mol. The van der Waals surface area contributed by atoms with E-state index < -0.39 is 10.0 Å². The zero-order chi connectivity index (χ0) is 20.9. The molecule has 0 bridgehead atoms. The summed E-state index contributed by atoms with van der Waals surface area (Å²) in [5.41, 5.74) is 0.827. The Morgan fingerprint density at radius 3 is 2.41 bits per heavy atom. The molecule has 0 spiro atoms. The van der Waals surface area contributed by atoms with Gasteiger partial charge in [0.25, 0.3) is 0 Å². The highest BCUT2D eigenvalue weighted by Crippen LogP contribution is 2.29. The SMILES string of the molecule is COc1ccc(OC)c(S(=O)(=O)NCC(c2ccc(F)cc2)N2CCOCC2)c1. The number of sulfonamides is 1. The molecule has 1 fully saturated rings. The van der Waals surface area contributed by atoms with E-state index in [2.05, 4.69) is 9.62 Å². The molecule has 0 amide bonds. The summed E-state index contributed by atoms with van der Waals surface area (Å²) in [6, 6.07) is 10.4. The molecule has 2 aromatic carbocycles. The summed E-state index contributed by atoms with van der Waals surface area (Å²) in [6.07, 6.45) is 0. The summed E-state index contributed by atoms with van der Waals surface area (Å²) in [4.78, 5) is 2.13. The Hall–Kier alpha value is -2.20. The molecule has 2 aromatic rings. The van der Waals surface area contributed by atoms with E-state index in [0.29, 0.717) is 32.1 Å². The van der Waals surface area contributed by atoms with Gasteiger partial charge in [-0.25, -0.2) is 17.5 Å². The molecule has 0 aromatic heterocycles. The predicted molar refractivity (Wildman–Crippen MR) is 106 cm³/mol. The van der Waals surface area contributed by atoms with Gasteiger partial charge in [-0.1, -0.05) is 12.1 Å². The van der Waals surface area contributed by atoms with Gasteiger partial charge in [0.1, 0.15) is 22.2 Å². The van der Waals surface area contributed by atoms with Crippen molar-refractivity contribution in [3.63, 3.8) is 0 Å². The van der Waals surface area contributed by atoms with Crippen LogP contribution < -0.4 is 14.2 Å². The number of morpholine rings is 1. The third kappa shape index (κ3) is 5.24. The number of benzene rings is 2. The molecule has 1 unspecified atom stereocenters. The summed E-state index contributed by atoms with van der Waals surface area (Å²) >= 11 is 0. The zero-order valence-electron chi connectivity index (χ0n) is 16.4. The highest BCUT2D eigenvalue weighted by atomic mass is 32.2. The Morgan fingerprint density at radius 2 is 1.79 bits per heavy atom. The highest BCUT2D eigenvalue weighted by molar-refractivity contribution is 7.89. The normalized spacial score (nSPS) is 16.4. The van der Waals surface area contributed by atoms with Crippen LogP contribution in [0, 0.1) is 5.82 Å². The fourth-order valence-electron chi connectivity index (χ4n) is 3.29. The van der Waals surface area contributed by atoms with Crippen molar-refractivity contribution >= 4 is 10.0 Å². The third-order valence-corrected chi connectivity index (χ3v) is 6.31. The second-order valence-corrected chi connectivity index (χ2v) is 8.32. The van der Waals surface area contributed by atoms with Crippen molar-refractivity contribution in [1.82, 2.24) is 9.62 Å². The number of ether oxygens (including phenoxy) is 3. The molecular weight excluding hydrogens is 399 g/mol. The van der Waals surface area contributed by atoms with E-state index in [1.165, 1.54) is 32.4 Å². The molecule has 1 aliphatic rings. The lowest BCUT2D eigenvalue weighted by Gasteiger charge is -2.35. The molecule has 1 atom stereocenters. The largest absolute Gasteiger partial charge is 0.497 e. The van der Waals surface area contributed by atoms with Gasteiger partial charge in [-0.15, -0.1) is 0 Å². The molecule has 7 nitrogen and oxygen atoms in total. The smallest absolute Gasteiger partial charge is 0.244 e. The minimum absolute atomic E-state index is 0.000756. The molecule has 1 heterocycles. The number of nitrogens with one attached hydrogen (secondary N) is 1. The molecule has 1 saturated heterocycles. The van der Waals surface area contributed by atoms with Crippen LogP contribution in [0.3, 0.4) is 0 Å². The Labute approximate surface area is 170 Å². The molecule has 1 N–H and O–H groups in total. The number of rotatable bonds is 8. The molecular formula is C20H25FN2O5S. The first-order valence-electron chi connectivity index (χ1n) is 9.23. The fraction of sp³-hybridized carbons (Fsp3) is 0.400. The van der Waals surface area contributed by atoms with Gasteiger partial charge in [-0.3, -0.25) is 4.90 Å². The number of methoxy groups -OCH3 is 2. The van der Waals surface area contributed by atoms with Gasteiger partial charge in [-0.05, 0) is 29.8 Å². The molecule has 3 rings (SSSR count). The van der Waals surface area contributed by atoms with Crippen molar-refractivity contribution in [2.45, 2.75) is 10.9 Å². The Morgan fingerprint density at radius 1 is 1.10 bits per heavy atom. The van der Waals surface area contributed by atoms with Crippen molar-refractivity contribution in [1.29, 1.82) is 0 Å². The number of halogens is 1. The Balaban J connectivity index is 1.85. The molecule has 9 heteroatoms. The van der Waals surface area contributed by atoms with Gasteiger partial charge in [0.05, 0.1) is 27.4 Å². The quantitative estimate of drug-likeness (QED) is 0.700. The lowest BCUT2D eigenvalue weighted by molar-refractivity contribution is 0.0172. The van der Waals surface area contributed by atoms with Crippen LogP contribution in [0.2, 0.25) is 0 Å². The maximum absolute atomic E-state index is 13.4. The maximum Gasteiger partial charge on any atom is 0.244 e. The second-order valence-electron chi connectivity index (χ2n) is 6.58. The van der Waals surface area contributed by atoms with E-state index in [1.54, 1.807) is 24.3 Å². The average Bonchev–Trinajstić information content (AvgIpc) is 2.75. The highest BCUT2D eigenvalue weighted by Gasteiger charge is 2.27. The van der Waals surface area contributed by atoms with Crippen molar-refractivity contribution in [3.8, 4) is 11.5 Å². The summed E-state index contributed by atoms with van der Waals surface area (Å²) in [5.74, 6) is 0.300. The Kier molecular flexibility index (Phi) is 7.07. The van der Waals surface area contributed by atoms with Crippen LogP contribution in [0.5, 0.6) is 11.5 Å². The summed E-state index contributed by atoms with van der Waals surface area (Å²) in [7, 11) is -0.993. The minimum atomic E-state index is -3.87. The summed E-state index contributed by atoms with van der Waals surface area (Å²) in [5, 5.41) is 0. The van der Waals surface area contributed by atoms with Crippen LogP contribution in [0.15, 0.2) is 47.4 Å². The summed E-state index contributed by atoms with van der Waals surface area (Å²) in [6.45, 7) is 2.56. The van der Waals surface area contributed by atoms with Crippen molar-refractivity contribution in [2.75, 3.05) is 47.1 Å². The first-order chi connectivity index (χ1) is 13.9. The topological polar surface area (TPSA) is 77.1 Å². The van der Waals surface area contributed by atoms with Crippen LogP contribution in [-0.4, -0.2) is 60.4 Å². The van der Waals surface area contributed by atoms with Crippen molar-refractivity contribution in [2.24, 2.45) is 0 Å². The minimum Gasteiger partial charge on any atom is -0.497 e. The molecule has 0 aliphatic carbocycles. The van der Waals surface area contributed by atoms with E-state index >= 15 is 0 Å². The predicted octanol–water partition coefficient (Wildman–Crippen LogP) is 2.19. The molecule has 0 radical (unpaired) electrons. The van der Waals surface area contributed by atoms with E-state index in [4.69, 9.17) is 14.2 Å². The van der Waals surface area contributed by atoms with E-state index in [1.807, 2.05) is 0 Å². The standard InChI is InChI=1S/C20H25FN2O5S/c1-26-17-7-8-19(27-2)20(13-17)29(24,25)22-14-18(23-9-11-28-12-10-23)15-3-5-16(21)6-4-15/h3-8,13,18,22H,9-12,14H2,1-2H3. The van der Waals surface area contributed by atoms with Gasteiger partial charge in [-0.2, -0.15) is 0 Å². The summed E-state index contributed by atoms with van der Waals surface area (Å²) < 4.78 is 57.8. The maximum atomic E-state index is 13.4. The van der Waals surface area contributed by atoms with Crippen LogP contribution >= 0.6 is 0 Å². The van der Waals surface area contributed by atoms with Crippen molar-refractivity contribution < 1.29 is 27.0 Å². The molecule has 1 aliphatic heterocycles. The second kappa shape index (κ2) is 9.53. The molecule has 0 saturated carbocycles.